The molecule has 0 atom stereocenters. The van der Waals surface area contributed by atoms with Crippen LogP contribution in [0.1, 0.15) is 6.42 Å². The van der Waals surface area contributed by atoms with E-state index in [4.69, 9.17) is 10.8 Å². The lowest BCUT2D eigenvalue weighted by Crippen LogP contribution is -2.24. The normalized spacial score (nSPS) is 7.73. The molecule has 0 aromatic rings. The van der Waals surface area contributed by atoms with Gasteiger partial charge in [0.25, 0.3) is 0 Å². The molecule has 0 unspecified atom stereocenters. The molecule has 0 spiro atoms. The van der Waals surface area contributed by atoms with E-state index in [-0.39, 0.29) is 31.4 Å². The molecule has 4 N–H and O–H groups in total. The fourth-order valence-electron chi connectivity index (χ4n) is 0.422. The average molecular weight is 205 g/mol. The second kappa shape index (κ2) is 12.6. The highest BCUT2D eigenvalue weighted by Crippen LogP contribution is 1.68. The molecule has 6 heteroatoms. The number of nitrogens with one attached hydrogen (secondary N) is 1. The standard InChI is InChI=1S/C5H12N2O2.2ClH/c6-2-1-3-7-4-5(8)9;;/h7H,1-4,6H2,(H,8,9);2*1H. The van der Waals surface area contributed by atoms with Crippen LogP contribution in [0.25, 0.3) is 0 Å². The van der Waals surface area contributed by atoms with Crippen molar-refractivity contribution in [3.05, 3.63) is 0 Å². The van der Waals surface area contributed by atoms with Gasteiger partial charge in [-0.15, -0.1) is 24.8 Å². The van der Waals surface area contributed by atoms with E-state index in [2.05, 4.69) is 5.32 Å². The third kappa shape index (κ3) is 17.8. The Labute approximate surface area is 78.4 Å². The first kappa shape index (κ1) is 17.2. The van der Waals surface area contributed by atoms with E-state index in [0.717, 1.165) is 6.42 Å². The zero-order chi connectivity index (χ0) is 7.11. The van der Waals surface area contributed by atoms with Crippen LogP contribution in [-0.4, -0.2) is 30.7 Å². The molecule has 0 saturated carbocycles. The van der Waals surface area contributed by atoms with Crippen molar-refractivity contribution in [3.63, 3.8) is 0 Å². The Morgan fingerprint density at radius 1 is 1.45 bits per heavy atom. The van der Waals surface area contributed by atoms with E-state index in [1.54, 1.807) is 0 Å². The number of hydrogen-bond donors (Lipinski definition) is 3. The topological polar surface area (TPSA) is 75.3 Å². The minimum atomic E-state index is -0.827. The lowest BCUT2D eigenvalue weighted by molar-refractivity contribution is -0.135. The number of carboxylic acids is 1. The fourth-order valence-corrected chi connectivity index (χ4v) is 0.422. The first-order valence-electron chi connectivity index (χ1n) is 2.90. The summed E-state index contributed by atoms with van der Waals surface area (Å²) in [5.74, 6) is -0.827. The number of carbonyl (C=O) groups is 1. The van der Waals surface area contributed by atoms with E-state index in [1.165, 1.54) is 0 Å². The van der Waals surface area contributed by atoms with Gasteiger partial charge in [0.05, 0.1) is 6.54 Å². The van der Waals surface area contributed by atoms with Crippen molar-refractivity contribution in [2.75, 3.05) is 19.6 Å². The summed E-state index contributed by atoms with van der Waals surface area (Å²) in [4.78, 5) is 9.87. The predicted molar refractivity (Wildman–Crippen MR) is 48.7 cm³/mol. The van der Waals surface area contributed by atoms with Crippen LogP contribution in [0.3, 0.4) is 0 Å². The number of rotatable bonds is 5. The van der Waals surface area contributed by atoms with Crippen molar-refractivity contribution in [2.45, 2.75) is 6.42 Å². The summed E-state index contributed by atoms with van der Waals surface area (Å²) in [7, 11) is 0. The van der Waals surface area contributed by atoms with Crippen LogP contribution in [0.5, 0.6) is 0 Å². The molecule has 70 valence electrons. The number of aliphatic carboxylic acids is 1. The van der Waals surface area contributed by atoms with Crippen LogP contribution in [0, 0.1) is 0 Å². The van der Waals surface area contributed by atoms with Crippen LogP contribution < -0.4 is 11.1 Å². The summed E-state index contributed by atoms with van der Waals surface area (Å²) in [5, 5.41) is 10.8. The Morgan fingerprint density at radius 2 is 2.00 bits per heavy atom. The maximum absolute atomic E-state index is 9.87. The molecule has 0 rings (SSSR count). The lowest BCUT2D eigenvalue weighted by atomic mass is 10.4. The average Bonchev–Trinajstić information content (AvgIpc) is 1.80. The fraction of sp³-hybridized carbons (Fsp3) is 0.800. The molecule has 0 aliphatic carbocycles. The first-order chi connectivity index (χ1) is 4.27. The molecule has 0 amide bonds. The molecular weight excluding hydrogens is 191 g/mol. The Balaban J connectivity index is -0.000000320. The number of nitrogens with two attached hydrogens (primary N) is 1. The SMILES string of the molecule is Cl.Cl.NCCCNCC(=O)O. The Kier molecular flexibility index (Phi) is 19.7. The van der Waals surface area contributed by atoms with Gasteiger partial charge < -0.3 is 16.2 Å². The second-order valence-electron chi connectivity index (χ2n) is 1.71. The molecule has 0 bridgehead atoms. The zero-order valence-electron chi connectivity index (χ0n) is 6.08. The molecule has 0 heterocycles. The molecular formula is C5H14Cl2N2O2. The Bertz CT molecular complexity index is 92.6. The molecule has 0 fully saturated rings. The van der Waals surface area contributed by atoms with E-state index < -0.39 is 5.97 Å². The smallest absolute Gasteiger partial charge is 0.317 e. The molecule has 0 aromatic carbocycles. The van der Waals surface area contributed by atoms with Crippen molar-refractivity contribution < 1.29 is 9.90 Å². The third-order valence-electron chi connectivity index (χ3n) is 0.834. The van der Waals surface area contributed by atoms with E-state index in [1.807, 2.05) is 0 Å². The Morgan fingerprint density at radius 3 is 2.36 bits per heavy atom. The van der Waals surface area contributed by atoms with Crippen LogP contribution >= 0.6 is 24.8 Å². The molecule has 0 aliphatic rings. The lowest BCUT2D eigenvalue weighted by Gasteiger charge is -1.96. The van der Waals surface area contributed by atoms with E-state index in [9.17, 15) is 4.79 Å². The third-order valence-corrected chi connectivity index (χ3v) is 0.834. The summed E-state index contributed by atoms with van der Waals surface area (Å²) in [5.41, 5.74) is 5.16. The highest BCUT2D eigenvalue weighted by atomic mass is 35.5. The van der Waals surface area contributed by atoms with Crippen LogP contribution in [0.2, 0.25) is 0 Å². The van der Waals surface area contributed by atoms with Crippen molar-refractivity contribution in [1.82, 2.24) is 5.32 Å². The number of hydrogen-bond acceptors (Lipinski definition) is 3. The van der Waals surface area contributed by atoms with Gasteiger partial charge in [-0.1, -0.05) is 0 Å². The van der Waals surface area contributed by atoms with Gasteiger partial charge in [-0.2, -0.15) is 0 Å². The largest absolute Gasteiger partial charge is 0.480 e. The van der Waals surface area contributed by atoms with E-state index >= 15 is 0 Å². The van der Waals surface area contributed by atoms with Gasteiger partial charge in [0, 0.05) is 0 Å². The van der Waals surface area contributed by atoms with Gasteiger partial charge in [-0.05, 0) is 19.5 Å². The van der Waals surface area contributed by atoms with Gasteiger partial charge in [0.2, 0.25) is 0 Å². The van der Waals surface area contributed by atoms with Gasteiger partial charge in [-0.25, -0.2) is 0 Å². The van der Waals surface area contributed by atoms with Crippen molar-refractivity contribution in [1.29, 1.82) is 0 Å². The van der Waals surface area contributed by atoms with Crippen LogP contribution in [-0.2, 0) is 4.79 Å². The molecule has 11 heavy (non-hydrogen) atoms. The quantitative estimate of drug-likeness (QED) is 0.545. The molecule has 0 aromatic heterocycles. The van der Waals surface area contributed by atoms with Crippen molar-refractivity contribution >= 4 is 30.8 Å². The summed E-state index contributed by atoms with van der Waals surface area (Å²) in [6.07, 6.45) is 0.827. The minimum absolute atomic E-state index is 0. The number of halogens is 2. The minimum Gasteiger partial charge on any atom is -0.480 e. The van der Waals surface area contributed by atoms with Crippen LogP contribution in [0.15, 0.2) is 0 Å². The van der Waals surface area contributed by atoms with Crippen molar-refractivity contribution in [2.24, 2.45) is 5.73 Å². The highest BCUT2D eigenvalue weighted by molar-refractivity contribution is 5.85. The maximum Gasteiger partial charge on any atom is 0.317 e. The summed E-state index contributed by atoms with van der Waals surface area (Å²) in [6, 6.07) is 0. The summed E-state index contributed by atoms with van der Waals surface area (Å²) >= 11 is 0. The predicted octanol–water partition coefficient (Wildman–Crippen LogP) is -0.147. The van der Waals surface area contributed by atoms with Crippen molar-refractivity contribution in [3.8, 4) is 0 Å². The monoisotopic (exact) mass is 204 g/mol. The highest BCUT2D eigenvalue weighted by Gasteiger charge is 1.91. The summed E-state index contributed by atoms with van der Waals surface area (Å²) in [6.45, 7) is 1.31. The van der Waals surface area contributed by atoms with Gasteiger partial charge in [0.15, 0.2) is 0 Å². The number of carboxylic acid groups (broad SMARTS) is 1. The second-order valence-corrected chi connectivity index (χ2v) is 1.71. The molecule has 4 nitrogen and oxygen atoms in total. The van der Waals surface area contributed by atoms with Gasteiger partial charge >= 0.3 is 5.97 Å². The van der Waals surface area contributed by atoms with Crippen LogP contribution in [0.4, 0.5) is 0 Å². The molecule has 0 aliphatic heterocycles. The summed E-state index contributed by atoms with van der Waals surface area (Å²) < 4.78 is 0. The Hall–Kier alpha value is -0.0300. The zero-order valence-corrected chi connectivity index (χ0v) is 7.71. The molecule has 0 radical (unpaired) electrons. The van der Waals surface area contributed by atoms with Gasteiger partial charge in [0.1, 0.15) is 0 Å². The molecule has 0 saturated heterocycles. The maximum atomic E-state index is 9.87. The van der Waals surface area contributed by atoms with E-state index in [0.29, 0.717) is 13.1 Å². The van der Waals surface area contributed by atoms with Gasteiger partial charge in [-0.3, -0.25) is 4.79 Å². The first-order valence-corrected chi connectivity index (χ1v) is 2.90.